The molecule has 0 spiro atoms. The third-order valence-corrected chi connectivity index (χ3v) is 6.30. The van der Waals surface area contributed by atoms with E-state index in [1.807, 2.05) is 4.90 Å². The van der Waals surface area contributed by atoms with E-state index in [4.69, 9.17) is 4.74 Å². The number of carbonyl (C=O) groups is 1. The molecular formula is C25H24F5N7O2. The van der Waals surface area contributed by atoms with Crippen LogP contribution >= 0.6 is 0 Å². The number of aromatic nitrogens is 2. The van der Waals surface area contributed by atoms with E-state index in [1.165, 1.54) is 18.2 Å². The Morgan fingerprint density at radius 3 is 2.69 bits per heavy atom. The number of benzene rings is 2. The number of amides is 1. The number of nitrogens with zero attached hydrogens (tertiary/aromatic N) is 3. The number of nitrogens with one attached hydrogen (secondary N) is 4. The highest BCUT2D eigenvalue weighted by atomic mass is 19.4. The van der Waals surface area contributed by atoms with Crippen LogP contribution < -0.4 is 30.9 Å². The lowest BCUT2D eigenvalue weighted by Gasteiger charge is -2.24. The molecule has 0 radical (unpaired) electrons. The summed E-state index contributed by atoms with van der Waals surface area (Å²) in [6.45, 7) is 0.0685. The maximum atomic E-state index is 13.8. The molecule has 1 amide bonds. The molecule has 0 saturated carbocycles. The van der Waals surface area contributed by atoms with Crippen molar-refractivity contribution in [2.24, 2.45) is 0 Å². The summed E-state index contributed by atoms with van der Waals surface area (Å²) < 4.78 is 72.5. The van der Waals surface area contributed by atoms with E-state index in [1.54, 1.807) is 18.2 Å². The predicted molar refractivity (Wildman–Crippen MR) is 134 cm³/mol. The number of carbonyl (C=O) groups excluding carboxylic acids is 1. The van der Waals surface area contributed by atoms with E-state index in [2.05, 4.69) is 31.2 Å². The average Bonchev–Trinajstić information content (AvgIpc) is 3.08. The fourth-order valence-corrected chi connectivity index (χ4v) is 4.48. The molecule has 4 N–H and O–H groups in total. The molecule has 0 unspecified atom stereocenters. The van der Waals surface area contributed by atoms with Gasteiger partial charge in [-0.2, -0.15) is 26.9 Å². The van der Waals surface area contributed by atoms with Gasteiger partial charge in [0.15, 0.2) is 5.75 Å². The van der Waals surface area contributed by atoms with Crippen LogP contribution in [0.4, 0.5) is 50.8 Å². The highest BCUT2D eigenvalue weighted by Crippen LogP contribution is 2.38. The molecule has 2 aliphatic rings. The zero-order chi connectivity index (χ0) is 27.6. The van der Waals surface area contributed by atoms with Crippen LogP contribution in [0.25, 0.3) is 0 Å². The van der Waals surface area contributed by atoms with Crippen LogP contribution in [0.3, 0.4) is 0 Å². The van der Waals surface area contributed by atoms with Gasteiger partial charge < -0.3 is 30.9 Å². The first-order chi connectivity index (χ1) is 18.7. The van der Waals surface area contributed by atoms with Crippen LogP contribution in [-0.4, -0.2) is 48.7 Å². The second-order valence-electron chi connectivity index (χ2n) is 8.88. The molecule has 9 nitrogen and oxygen atoms in total. The van der Waals surface area contributed by atoms with Crippen molar-refractivity contribution in [3.8, 4) is 5.75 Å². The third kappa shape index (κ3) is 5.95. The van der Waals surface area contributed by atoms with Gasteiger partial charge in [-0.05, 0) is 36.7 Å². The van der Waals surface area contributed by atoms with Crippen LogP contribution in [0, 0.1) is 0 Å². The number of hydrogen-bond donors (Lipinski definition) is 4. The van der Waals surface area contributed by atoms with E-state index >= 15 is 0 Å². The Morgan fingerprint density at radius 1 is 1.05 bits per heavy atom. The summed E-state index contributed by atoms with van der Waals surface area (Å²) in [5.41, 5.74) is 0.504. The third-order valence-electron chi connectivity index (χ3n) is 6.30. The van der Waals surface area contributed by atoms with E-state index in [-0.39, 0.29) is 35.2 Å². The van der Waals surface area contributed by atoms with E-state index < -0.39 is 30.1 Å². The lowest BCUT2D eigenvalue weighted by atomic mass is 10.1. The smallest absolute Gasteiger partial charge is 0.421 e. The van der Waals surface area contributed by atoms with Gasteiger partial charge in [-0.15, -0.1) is 0 Å². The summed E-state index contributed by atoms with van der Waals surface area (Å²) in [7, 11) is 0. The predicted octanol–water partition coefficient (Wildman–Crippen LogP) is 4.63. The molecule has 1 saturated heterocycles. The number of rotatable bonds is 7. The first-order valence-electron chi connectivity index (χ1n) is 12.1. The Bertz CT molecular complexity index is 1360. The maximum Gasteiger partial charge on any atom is 0.421 e. The molecule has 14 heteroatoms. The van der Waals surface area contributed by atoms with Crippen molar-refractivity contribution in [3.63, 3.8) is 0 Å². The molecule has 5 rings (SSSR count). The van der Waals surface area contributed by atoms with Crippen LogP contribution in [0.1, 0.15) is 27.9 Å². The number of ether oxygens (including phenoxy) is 1. The van der Waals surface area contributed by atoms with Gasteiger partial charge >= 0.3 is 12.8 Å². The number of fused-ring (bicyclic) bond motifs is 1. The lowest BCUT2D eigenvalue weighted by Crippen LogP contribution is -2.27. The zero-order valence-corrected chi connectivity index (χ0v) is 20.4. The molecule has 0 aliphatic carbocycles. The Balaban J connectivity index is 1.47. The quantitative estimate of drug-likeness (QED) is 0.317. The van der Waals surface area contributed by atoms with Crippen LogP contribution in [0.5, 0.6) is 5.75 Å². The van der Waals surface area contributed by atoms with Crippen LogP contribution in [0.15, 0.2) is 42.6 Å². The monoisotopic (exact) mass is 549 g/mol. The number of alkyl halides is 5. The second-order valence-corrected chi connectivity index (χ2v) is 8.88. The van der Waals surface area contributed by atoms with Crippen molar-refractivity contribution in [1.29, 1.82) is 0 Å². The fourth-order valence-electron chi connectivity index (χ4n) is 4.48. The summed E-state index contributed by atoms with van der Waals surface area (Å²) in [6.07, 6.45) is -3.37. The first-order valence-corrected chi connectivity index (χ1v) is 12.1. The lowest BCUT2D eigenvalue weighted by molar-refractivity contribution is -0.137. The topological polar surface area (TPSA) is 103 Å². The summed E-state index contributed by atoms with van der Waals surface area (Å²) >= 11 is 0. The SMILES string of the molecule is O=C1NCc2cccc(Nc3nc(Nc4ccc(N5CCCNCC5)cc4OC(F)F)ncc3C(F)(F)F)c21. The average molecular weight is 550 g/mol. The van der Waals surface area contributed by atoms with Crippen molar-refractivity contribution in [1.82, 2.24) is 20.6 Å². The molecule has 206 valence electrons. The summed E-state index contributed by atoms with van der Waals surface area (Å²) in [6, 6.07) is 9.37. The fraction of sp³-hybridized carbons (Fsp3) is 0.320. The minimum Gasteiger partial charge on any atom is -0.433 e. The van der Waals surface area contributed by atoms with Crippen LogP contribution in [-0.2, 0) is 12.7 Å². The number of hydrogen-bond acceptors (Lipinski definition) is 8. The van der Waals surface area contributed by atoms with Gasteiger partial charge in [0.25, 0.3) is 5.91 Å². The Morgan fingerprint density at radius 2 is 1.90 bits per heavy atom. The van der Waals surface area contributed by atoms with Gasteiger partial charge in [0.2, 0.25) is 5.95 Å². The molecule has 1 fully saturated rings. The molecule has 0 bridgehead atoms. The molecule has 2 aromatic carbocycles. The highest BCUT2D eigenvalue weighted by molar-refractivity contribution is 6.04. The van der Waals surface area contributed by atoms with Crippen LogP contribution in [0.2, 0.25) is 0 Å². The second kappa shape index (κ2) is 10.9. The van der Waals surface area contributed by atoms with E-state index in [0.717, 1.165) is 19.5 Å². The van der Waals surface area contributed by atoms with Crippen molar-refractivity contribution in [2.45, 2.75) is 25.8 Å². The molecule has 1 aromatic heterocycles. The zero-order valence-electron chi connectivity index (χ0n) is 20.4. The van der Waals surface area contributed by atoms with Gasteiger partial charge in [-0.25, -0.2) is 4.98 Å². The molecular weight excluding hydrogens is 525 g/mol. The highest BCUT2D eigenvalue weighted by Gasteiger charge is 2.36. The minimum absolute atomic E-state index is 0.0395. The van der Waals surface area contributed by atoms with Gasteiger partial charge in [-0.3, -0.25) is 4.79 Å². The summed E-state index contributed by atoms with van der Waals surface area (Å²) in [5.74, 6) is -1.55. The van der Waals surface area contributed by atoms with Gasteiger partial charge in [0.05, 0.1) is 16.9 Å². The van der Waals surface area contributed by atoms with Crippen molar-refractivity contribution in [2.75, 3.05) is 41.7 Å². The molecule has 3 aromatic rings. The first kappa shape index (κ1) is 26.4. The van der Waals surface area contributed by atoms with E-state index in [0.29, 0.717) is 30.5 Å². The van der Waals surface area contributed by atoms with E-state index in [9.17, 15) is 26.7 Å². The molecule has 2 aliphatic heterocycles. The standard InChI is InChI=1S/C25H24F5N7O2/c26-23(27)39-19-11-15(37-9-2-7-31-8-10-37)5-6-17(19)35-24-33-13-16(25(28,29)30)21(36-24)34-18-4-1-3-14-12-32-22(38)20(14)18/h1,3-6,11,13,23,31H,2,7-10,12H2,(H,32,38)(H2,33,34,35,36). The van der Waals surface area contributed by atoms with Gasteiger partial charge in [-0.1, -0.05) is 12.1 Å². The summed E-state index contributed by atoms with van der Waals surface area (Å²) in [5, 5.41) is 11.2. The molecule has 3 heterocycles. The van der Waals surface area contributed by atoms with Crippen molar-refractivity contribution in [3.05, 3.63) is 59.3 Å². The Hall–Kier alpha value is -4.20. The van der Waals surface area contributed by atoms with Crippen molar-refractivity contribution >= 4 is 34.7 Å². The molecule has 0 atom stereocenters. The maximum absolute atomic E-state index is 13.8. The number of anilines is 5. The summed E-state index contributed by atoms with van der Waals surface area (Å²) in [4.78, 5) is 22.0. The Labute approximate surface area is 219 Å². The van der Waals surface area contributed by atoms with Crippen molar-refractivity contribution < 1.29 is 31.5 Å². The van der Waals surface area contributed by atoms with Gasteiger partial charge in [0.1, 0.15) is 11.4 Å². The molecule has 39 heavy (non-hydrogen) atoms. The minimum atomic E-state index is -4.81. The largest absolute Gasteiger partial charge is 0.433 e. The Kier molecular flexibility index (Phi) is 7.37. The van der Waals surface area contributed by atoms with Gasteiger partial charge in [0, 0.05) is 44.1 Å². The number of halogens is 5. The normalized spacial score (nSPS) is 15.5.